The van der Waals surface area contributed by atoms with Gasteiger partial charge in [0.05, 0.1) is 5.60 Å². The maximum atomic E-state index is 10.9. The lowest BCUT2D eigenvalue weighted by Crippen LogP contribution is -2.46. The van der Waals surface area contributed by atoms with Crippen LogP contribution < -0.4 is 5.32 Å². The van der Waals surface area contributed by atoms with Gasteiger partial charge in [-0.3, -0.25) is 0 Å². The molecule has 0 saturated carbocycles. The average Bonchev–Trinajstić information content (AvgIpc) is 2.87. The van der Waals surface area contributed by atoms with Gasteiger partial charge in [-0.2, -0.15) is 0 Å². The highest BCUT2D eigenvalue weighted by Crippen LogP contribution is 2.31. The molecule has 1 atom stereocenters. The van der Waals surface area contributed by atoms with Crippen molar-refractivity contribution in [2.24, 2.45) is 0 Å². The van der Waals surface area contributed by atoms with Crippen LogP contribution in [0.2, 0.25) is 0 Å². The van der Waals surface area contributed by atoms with E-state index >= 15 is 0 Å². The minimum absolute atomic E-state index is 0.00637. The fourth-order valence-electron chi connectivity index (χ4n) is 3.00. The predicted molar refractivity (Wildman–Crippen MR) is 79.5 cm³/mol. The largest absolute Gasteiger partial charge is 0.475 e. The molecule has 0 aromatic carbocycles. The Labute approximate surface area is 125 Å². The molecule has 2 rings (SSSR count). The second-order valence-corrected chi connectivity index (χ2v) is 5.81. The van der Waals surface area contributed by atoms with E-state index in [1.54, 1.807) is 13.0 Å². The van der Waals surface area contributed by atoms with Crippen molar-refractivity contribution in [3.05, 3.63) is 23.2 Å². The molecule has 5 nitrogen and oxygen atoms in total. The van der Waals surface area contributed by atoms with Gasteiger partial charge in [0.1, 0.15) is 5.76 Å². The molecule has 0 radical (unpaired) electrons. The molecule has 1 fully saturated rings. The van der Waals surface area contributed by atoms with E-state index in [0.717, 1.165) is 37.9 Å². The summed E-state index contributed by atoms with van der Waals surface area (Å²) < 4.78 is 11.2. The zero-order chi connectivity index (χ0) is 15.5. The molecule has 1 aliphatic heterocycles. The third-order valence-electron chi connectivity index (χ3n) is 4.59. The van der Waals surface area contributed by atoms with Crippen LogP contribution in [0.3, 0.4) is 0 Å². The van der Waals surface area contributed by atoms with E-state index in [-0.39, 0.29) is 11.4 Å². The summed E-state index contributed by atoms with van der Waals surface area (Å²) in [5, 5.41) is 12.5. The number of aromatic carboxylic acids is 1. The molecule has 0 spiro atoms. The molecule has 5 heteroatoms. The van der Waals surface area contributed by atoms with Gasteiger partial charge in [-0.25, -0.2) is 4.79 Å². The van der Waals surface area contributed by atoms with Crippen molar-refractivity contribution in [2.45, 2.75) is 64.6 Å². The summed E-state index contributed by atoms with van der Waals surface area (Å²) in [6, 6.07) is 2.01. The monoisotopic (exact) mass is 295 g/mol. The molecule has 0 amide bonds. The Morgan fingerprint density at radius 3 is 2.76 bits per heavy atom. The summed E-state index contributed by atoms with van der Waals surface area (Å²) in [4.78, 5) is 10.9. The summed E-state index contributed by atoms with van der Waals surface area (Å²) >= 11 is 0. The highest BCUT2D eigenvalue weighted by atomic mass is 16.5. The summed E-state index contributed by atoms with van der Waals surface area (Å²) in [6.45, 7) is 7.56. The van der Waals surface area contributed by atoms with E-state index in [1.165, 1.54) is 0 Å². The summed E-state index contributed by atoms with van der Waals surface area (Å²) in [5.74, 6) is -0.344. The first-order chi connectivity index (χ1) is 9.99. The predicted octanol–water partition coefficient (Wildman–Crippen LogP) is 3.11. The number of ether oxygens (including phenoxy) is 1. The molecule has 118 valence electrons. The van der Waals surface area contributed by atoms with Crippen LogP contribution in [0.15, 0.2) is 10.5 Å². The quantitative estimate of drug-likeness (QED) is 0.843. The molecular formula is C16H25NO4. The molecule has 1 saturated heterocycles. The standard InChI is InChI=1S/C16H25NO4/c1-4-16(5-2)9-13(6-7-20-16)17-10-12-8-14(15(18)19)21-11(12)3/h8,13,17H,4-7,9-10H2,1-3H3,(H,18,19). The van der Waals surface area contributed by atoms with Gasteiger partial charge >= 0.3 is 5.97 Å². The smallest absolute Gasteiger partial charge is 0.371 e. The number of carbonyl (C=O) groups is 1. The zero-order valence-electron chi connectivity index (χ0n) is 13.1. The number of aryl methyl sites for hydroxylation is 1. The molecule has 2 heterocycles. The van der Waals surface area contributed by atoms with Gasteiger partial charge in [0, 0.05) is 24.8 Å². The molecule has 0 bridgehead atoms. The highest BCUT2D eigenvalue weighted by Gasteiger charge is 2.34. The van der Waals surface area contributed by atoms with Crippen molar-refractivity contribution in [2.75, 3.05) is 6.61 Å². The van der Waals surface area contributed by atoms with E-state index in [2.05, 4.69) is 19.2 Å². The van der Waals surface area contributed by atoms with Gasteiger partial charge in [0.15, 0.2) is 0 Å². The number of nitrogens with one attached hydrogen (secondary N) is 1. The first-order valence-corrected chi connectivity index (χ1v) is 7.69. The number of hydrogen-bond acceptors (Lipinski definition) is 4. The molecular weight excluding hydrogens is 270 g/mol. The Morgan fingerprint density at radius 2 is 2.19 bits per heavy atom. The van der Waals surface area contributed by atoms with Crippen molar-refractivity contribution in [3.8, 4) is 0 Å². The maximum Gasteiger partial charge on any atom is 0.371 e. The van der Waals surface area contributed by atoms with Crippen LogP contribution in [-0.4, -0.2) is 29.3 Å². The topological polar surface area (TPSA) is 71.7 Å². The molecule has 1 aromatic rings. The Kier molecular flexibility index (Phi) is 5.06. The number of hydrogen-bond donors (Lipinski definition) is 2. The minimum atomic E-state index is -1.02. The van der Waals surface area contributed by atoms with E-state index < -0.39 is 5.97 Å². The fourth-order valence-corrected chi connectivity index (χ4v) is 3.00. The lowest BCUT2D eigenvalue weighted by atomic mass is 9.86. The van der Waals surface area contributed by atoms with Crippen molar-refractivity contribution in [3.63, 3.8) is 0 Å². The SMILES string of the molecule is CCC1(CC)CC(NCc2cc(C(=O)O)oc2C)CCO1. The van der Waals surface area contributed by atoms with E-state index in [0.29, 0.717) is 18.3 Å². The van der Waals surface area contributed by atoms with Gasteiger partial charge in [-0.15, -0.1) is 0 Å². The van der Waals surface area contributed by atoms with Gasteiger partial charge < -0.3 is 19.6 Å². The van der Waals surface area contributed by atoms with Gasteiger partial charge in [-0.05, 0) is 38.7 Å². The number of rotatable bonds is 6. The average molecular weight is 295 g/mol. The maximum absolute atomic E-state index is 10.9. The summed E-state index contributed by atoms with van der Waals surface area (Å²) in [5.41, 5.74) is 0.908. The van der Waals surface area contributed by atoms with E-state index in [1.807, 2.05) is 0 Å². The van der Waals surface area contributed by atoms with Crippen LogP contribution in [0.1, 0.15) is 61.4 Å². The Balaban J connectivity index is 1.95. The fraction of sp³-hybridized carbons (Fsp3) is 0.688. The third kappa shape index (κ3) is 3.66. The Morgan fingerprint density at radius 1 is 1.48 bits per heavy atom. The van der Waals surface area contributed by atoms with E-state index in [4.69, 9.17) is 14.3 Å². The van der Waals surface area contributed by atoms with Crippen molar-refractivity contribution in [1.29, 1.82) is 0 Å². The Bertz CT molecular complexity index is 490. The lowest BCUT2D eigenvalue weighted by molar-refractivity contribution is -0.0932. The summed E-state index contributed by atoms with van der Waals surface area (Å²) in [7, 11) is 0. The van der Waals surface area contributed by atoms with Crippen LogP contribution >= 0.6 is 0 Å². The van der Waals surface area contributed by atoms with Gasteiger partial charge in [-0.1, -0.05) is 13.8 Å². The van der Waals surface area contributed by atoms with Gasteiger partial charge in [0.2, 0.25) is 5.76 Å². The van der Waals surface area contributed by atoms with Crippen LogP contribution in [-0.2, 0) is 11.3 Å². The molecule has 1 aliphatic rings. The lowest BCUT2D eigenvalue weighted by Gasteiger charge is -2.40. The summed E-state index contributed by atoms with van der Waals surface area (Å²) in [6.07, 6.45) is 4.04. The van der Waals surface area contributed by atoms with Crippen LogP contribution in [0, 0.1) is 6.92 Å². The van der Waals surface area contributed by atoms with Crippen molar-refractivity contribution < 1.29 is 19.1 Å². The third-order valence-corrected chi connectivity index (χ3v) is 4.59. The van der Waals surface area contributed by atoms with E-state index in [9.17, 15) is 4.79 Å². The normalized spacial score (nSPS) is 21.4. The molecule has 1 unspecified atom stereocenters. The second kappa shape index (κ2) is 6.62. The Hall–Kier alpha value is -1.33. The van der Waals surface area contributed by atoms with Gasteiger partial charge in [0.25, 0.3) is 0 Å². The minimum Gasteiger partial charge on any atom is -0.475 e. The van der Waals surface area contributed by atoms with Crippen LogP contribution in [0.5, 0.6) is 0 Å². The highest BCUT2D eigenvalue weighted by molar-refractivity contribution is 5.84. The molecule has 2 N–H and O–H groups in total. The number of carboxylic acid groups (broad SMARTS) is 1. The van der Waals surface area contributed by atoms with Crippen molar-refractivity contribution in [1.82, 2.24) is 5.32 Å². The van der Waals surface area contributed by atoms with Crippen LogP contribution in [0.25, 0.3) is 0 Å². The number of furan rings is 1. The first kappa shape index (κ1) is 16.0. The van der Waals surface area contributed by atoms with Crippen LogP contribution in [0.4, 0.5) is 0 Å². The number of carboxylic acids is 1. The van der Waals surface area contributed by atoms with Crippen molar-refractivity contribution >= 4 is 5.97 Å². The first-order valence-electron chi connectivity index (χ1n) is 7.69. The molecule has 1 aromatic heterocycles. The zero-order valence-corrected chi connectivity index (χ0v) is 13.1. The molecule has 0 aliphatic carbocycles. The second-order valence-electron chi connectivity index (χ2n) is 5.81. The molecule has 21 heavy (non-hydrogen) atoms.